The molecule has 1 amide bonds. The van der Waals surface area contributed by atoms with Crippen molar-refractivity contribution in [2.45, 2.75) is 6.92 Å². The van der Waals surface area contributed by atoms with Crippen molar-refractivity contribution >= 4 is 27.7 Å². The number of hydrogen-bond acceptors (Lipinski definition) is 3. The Balaban J connectivity index is 2.09. The molecule has 0 atom stereocenters. The summed E-state index contributed by atoms with van der Waals surface area (Å²) in [5.41, 5.74) is 1.38. The monoisotopic (exact) mass is 317 g/mol. The van der Waals surface area contributed by atoms with Gasteiger partial charge in [0.2, 0.25) is 0 Å². The van der Waals surface area contributed by atoms with Crippen molar-refractivity contribution in [1.82, 2.24) is 9.21 Å². The van der Waals surface area contributed by atoms with E-state index in [1.807, 2.05) is 6.92 Å². The Morgan fingerprint density at radius 2 is 1.85 bits per heavy atom. The Morgan fingerprint density at radius 1 is 1.25 bits per heavy atom. The molecule has 0 spiro atoms. The van der Waals surface area contributed by atoms with Crippen LogP contribution in [0.15, 0.2) is 18.2 Å². The number of nitrogens with two attached hydrogens (primary N) is 1. The van der Waals surface area contributed by atoms with E-state index >= 15 is 0 Å². The van der Waals surface area contributed by atoms with Crippen LogP contribution in [-0.4, -0.2) is 49.7 Å². The van der Waals surface area contributed by atoms with E-state index in [4.69, 9.17) is 16.7 Å². The van der Waals surface area contributed by atoms with Crippen molar-refractivity contribution in [3.8, 4) is 0 Å². The number of aryl methyl sites for hydroxylation is 1. The molecular formula is C12H16ClN3O3S. The van der Waals surface area contributed by atoms with E-state index in [1.54, 1.807) is 23.1 Å². The standard InChI is InChI=1S/C12H16ClN3O3S/c1-9-8-10(13)2-3-11(9)12(17)15-4-6-16(7-5-15)20(14,18)19/h2-3,8H,4-7H2,1H3,(H2,14,18,19). The summed E-state index contributed by atoms with van der Waals surface area (Å²) in [6.07, 6.45) is 0. The second-order valence-electron chi connectivity index (χ2n) is 4.70. The van der Waals surface area contributed by atoms with Gasteiger partial charge in [-0.15, -0.1) is 0 Å². The lowest BCUT2D eigenvalue weighted by molar-refractivity contribution is 0.0697. The second kappa shape index (κ2) is 5.69. The summed E-state index contributed by atoms with van der Waals surface area (Å²) in [6.45, 7) is 2.92. The highest BCUT2D eigenvalue weighted by atomic mass is 35.5. The second-order valence-corrected chi connectivity index (χ2v) is 6.68. The zero-order valence-corrected chi connectivity index (χ0v) is 12.6. The van der Waals surface area contributed by atoms with Crippen LogP contribution in [0.2, 0.25) is 5.02 Å². The van der Waals surface area contributed by atoms with Crippen molar-refractivity contribution in [1.29, 1.82) is 0 Å². The third-order valence-electron chi connectivity index (χ3n) is 3.30. The Bertz CT molecular complexity index is 625. The maximum atomic E-state index is 12.4. The van der Waals surface area contributed by atoms with Gasteiger partial charge in [0.1, 0.15) is 0 Å². The molecule has 2 rings (SSSR count). The summed E-state index contributed by atoms with van der Waals surface area (Å²) >= 11 is 5.86. The van der Waals surface area contributed by atoms with Crippen LogP contribution in [0, 0.1) is 6.92 Å². The van der Waals surface area contributed by atoms with Gasteiger partial charge in [0.15, 0.2) is 0 Å². The topological polar surface area (TPSA) is 83.7 Å². The van der Waals surface area contributed by atoms with Crippen LogP contribution in [0.25, 0.3) is 0 Å². The molecule has 1 aromatic rings. The average molecular weight is 318 g/mol. The number of nitrogens with zero attached hydrogens (tertiary/aromatic N) is 2. The van der Waals surface area contributed by atoms with E-state index in [0.717, 1.165) is 5.56 Å². The average Bonchev–Trinajstić information content (AvgIpc) is 2.37. The molecule has 0 saturated carbocycles. The summed E-state index contributed by atoms with van der Waals surface area (Å²) in [7, 11) is -3.68. The van der Waals surface area contributed by atoms with Gasteiger partial charge < -0.3 is 4.90 Å². The van der Waals surface area contributed by atoms with Crippen LogP contribution in [-0.2, 0) is 10.2 Å². The Morgan fingerprint density at radius 3 is 2.35 bits per heavy atom. The van der Waals surface area contributed by atoms with E-state index < -0.39 is 10.2 Å². The fourth-order valence-electron chi connectivity index (χ4n) is 2.18. The molecule has 1 aliphatic rings. The molecule has 8 heteroatoms. The van der Waals surface area contributed by atoms with Gasteiger partial charge in [0, 0.05) is 36.8 Å². The first kappa shape index (κ1) is 15.2. The van der Waals surface area contributed by atoms with Crippen molar-refractivity contribution in [2.24, 2.45) is 5.14 Å². The van der Waals surface area contributed by atoms with Crippen molar-refractivity contribution in [2.75, 3.05) is 26.2 Å². The maximum Gasteiger partial charge on any atom is 0.277 e. The third-order valence-corrected chi connectivity index (χ3v) is 4.62. The predicted octanol–water partition coefficient (Wildman–Crippen LogP) is 0.610. The minimum atomic E-state index is -3.68. The van der Waals surface area contributed by atoms with Gasteiger partial charge in [0.25, 0.3) is 16.1 Å². The summed E-state index contributed by atoms with van der Waals surface area (Å²) in [6, 6.07) is 5.09. The molecule has 0 bridgehead atoms. The van der Waals surface area contributed by atoms with Gasteiger partial charge in [0.05, 0.1) is 0 Å². The highest BCUT2D eigenvalue weighted by Crippen LogP contribution is 2.18. The fourth-order valence-corrected chi connectivity index (χ4v) is 3.08. The number of carbonyl (C=O) groups excluding carboxylic acids is 1. The van der Waals surface area contributed by atoms with Crippen LogP contribution >= 0.6 is 11.6 Å². The number of amides is 1. The summed E-state index contributed by atoms with van der Waals surface area (Å²) in [4.78, 5) is 14.0. The number of piperazine rings is 1. The number of rotatable bonds is 2. The molecule has 0 unspecified atom stereocenters. The first-order valence-corrected chi connectivity index (χ1v) is 8.00. The van der Waals surface area contributed by atoms with Crippen LogP contribution in [0.4, 0.5) is 0 Å². The first-order chi connectivity index (χ1) is 9.29. The highest BCUT2D eigenvalue weighted by Gasteiger charge is 2.27. The molecule has 0 radical (unpaired) electrons. The van der Waals surface area contributed by atoms with Crippen LogP contribution in [0.1, 0.15) is 15.9 Å². The molecule has 110 valence electrons. The molecule has 1 heterocycles. The predicted molar refractivity (Wildman–Crippen MR) is 76.8 cm³/mol. The summed E-state index contributed by atoms with van der Waals surface area (Å²) < 4.78 is 23.6. The fraction of sp³-hybridized carbons (Fsp3) is 0.417. The lowest BCUT2D eigenvalue weighted by Crippen LogP contribution is -2.52. The number of benzene rings is 1. The molecular weight excluding hydrogens is 302 g/mol. The van der Waals surface area contributed by atoms with Gasteiger partial charge in [-0.25, -0.2) is 5.14 Å². The van der Waals surface area contributed by atoms with E-state index in [1.165, 1.54) is 4.31 Å². The highest BCUT2D eigenvalue weighted by molar-refractivity contribution is 7.86. The Kier molecular flexibility index (Phi) is 4.33. The van der Waals surface area contributed by atoms with Gasteiger partial charge in [-0.3, -0.25) is 4.79 Å². The Hall–Kier alpha value is -1.15. The molecule has 2 N–H and O–H groups in total. The number of carbonyl (C=O) groups is 1. The van der Waals surface area contributed by atoms with Crippen LogP contribution in [0.5, 0.6) is 0 Å². The Labute approximate surface area is 123 Å². The molecule has 1 aliphatic heterocycles. The lowest BCUT2D eigenvalue weighted by Gasteiger charge is -2.33. The van der Waals surface area contributed by atoms with E-state index in [-0.39, 0.29) is 19.0 Å². The zero-order valence-electron chi connectivity index (χ0n) is 11.0. The largest absolute Gasteiger partial charge is 0.336 e. The van der Waals surface area contributed by atoms with Crippen LogP contribution < -0.4 is 5.14 Å². The van der Waals surface area contributed by atoms with Gasteiger partial charge in [-0.2, -0.15) is 12.7 Å². The van der Waals surface area contributed by atoms with Gasteiger partial charge in [-0.05, 0) is 30.7 Å². The lowest BCUT2D eigenvalue weighted by atomic mass is 10.1. The molecule has 0 aliphatic carbocycles. The maximum absolute atomic E-state index is 12.4. The molecule has 6 nitrogen and oxygen atoms in total. The summed E-state index contributed by atoms with van der Waals surface area (Å²) in [5.74, 6) is -0.117. The normalized spacial score (nSPS) is 17.2. The quantitative estimate of drug-likeness (QED) is 0.867. The van der Waals surface area contributed by atoms with Gasteiger partial charge in [-0.1, -0.05) is 11.6 Å². The molecule has 1 fully saturated rings. The third kappa shape index (κ3) is 3.29. The van der Waals surface area contributed by atoms with Gasteiger partial charge >= 0.3 is 0 Å². The number of halogens is 1. The minimum Gasteiger partial charge on any atom is -0.336 e. The molecule has 1 saturated heterocycles. The smallest absolute Gasteiger partial charge is 0.277 e. The van der Waals surface area contributed by atoms with Crippen molar-refractivity contribution in [3.05, 3.63) is 34.3 Å². The molecule has 1 aromatic carbocycles. The van der Waals surface area contributed by atoms with E-state index in [9.17, 15) is 13.2 Å². The SMILES string of the molecule is Cc1cc(Cl)ccc1C(=O)N1CCN(S(N)(=O)=O)CC1. The van der Waals surface area contributed by atoms with E-state index in [2.05, 4.69) is 0 Å². The van der Waals surface area contributed by atoms with Crippen molar-refractivity contribution < 1.29 is 13.2 Å². The van der Waals surface area contributed by atoms with Crippen LogP contribution in [0.3, 0.4) is 0 Å². The minimum absolute atomic E-state index is 0.117. The first-order valence-electron chi connectivity index (χ1n) is 6.12. The van der Waals surface area contributed by atoms with Crippen molar-refractivity contribution in [3.63, 3.8) is 0 Å². The molecule has 0 aromatic heterocycles. The summed E-state index contributed by atoms with van der Waals surface area (Å²) in [5, 5.41) is 5.65. The van der Waals surface area contributed by atoms with E-state index in [0.29, 0.717) is 23.7 Å². The number of hydrogen-bond donors (Lipinski definition) is 1. The molecule has 20 heavy (non-hydrogen) atoms. The zero-order chi connectivity index (χ0) is 14.9.